The first kappa shape index (κ1) is 13.0. The number of ether oxygens (including phenoxy) is 1. The number of hydrogen-bond acceptors (Lipinski definition) is 3. The summed E-state index contributed by atoms with van der Waals surface area (Å²) in [6.07, 6.45) is 0.668. The van der Waals surface area contributed by atoms with E-state index in [9.17, 15) is 0 Å². The van der Waals surface area contributed by atoms with E-state index in [0.717, 1.165) is 11.3 Å². The molecule has 3 heteroatoms. The Morgan fingerprint density at radius 2 is 2.19 bits per heavy atom. The van der Waals surface area contributed by atoms with E-state index in [0.29, 0.717) is 13.0 Å². The van der Waals surface area contributed by atoms with Gasteiger partial charge in [0.1, 0.15) is 5.75 Å². The average molecular weight is 223 g/mol. The lowest BCUT2D eigenvalue weighted by molar-refractivity contribution is 0.232. The molecule has 2 N–H and O–H groups in total. The van der Waals surface area contributed by atoms with Crippen molar-refractivity contribution in [3.8, 4) is 5.75 Å². The van der Waals surface area contributed by atoms with Gasteiger partial charge in [-0.25, -0.2) is 0 Å². The molecule has 1 atom stereocenters. The zero-order valence-electron chi connectivity index (χ0n) is 10.3. The van der Waals surface area contributed by atoms with Gasteiger partial charge in [-0.15, -0.1) is 0 Å². The van der Waals surface area contributed by atoms with Crippen LogP contribution in [0.15, 0.2) is 18.2 Å². The fourth-order valence-electron chi connectivity index (χ4n) is 1.53. The minimum atomic E-state index is 0.169. The Bertz CT molecular complexity index is 326. The number of aryl methyl sites for hydroxylation is 1. The molecule has 0 spiro atoms. The summed E-state index contributed by atoms with van der Waals surface area (Å²) < 4.78 is 5.68. The summed E-state index contributed by atoms with van der Waals surface area (Å²) in [5.74, 6) is 0.912. The van der Waals surface area contributed by atoms with Crippen molar-refractivity contribution in [2.75, 3.05) is 20.3 Å². The van der Waals surface area contributed by atoms with Crippen LogP contribution in [0.2, 0.25) is 0 Å². The van der Waals surface area contributed by atoms with Crippen molar-refractivity contribution in [3.63, 3.8) is 0 Å². The summed E-state index contributed by atoms with van der Waals surface area (Å²) in [6.45, 7) is 4.88. The van der Waals surface area contributed by atoms with Gasteiger partial charge in [0.2, 0.25) is 0 Å². The Hall–Kier alpha value is -1.06. The molecule has 0 aliphatic carbocycles. The molecule has 90 valence electrons. The SMILES string of the molecule is CNC(C)c1ccc(C)cc1OCCCO. The van der Waals surface area contributed by atoms with Crippen LogP contribution in [0.5, 0.6) is 5.75 Å². The Labute approximate surface area is 97.4 Å². The molecular weight excluding hydrogens is 202 g/mol. The highest BCUT2D eigenvalue weighted by molar-refractivity contribution is 5.39. The van der Waals surface area contributed by atoms with E-state index in [2.05, 4.69) is 24.4 Å². The molecule has 0 fully saturated rings. The highest BCUT2D eigenvalue weighted by Crippen LogP contribution is 2.26. The van der Waals surface area contributed by atoms with Crippen molar-refractivity contribution in [2.24, 2.45) is 0 Å². The van der Waals surface area contributed by atoms with E-state index < -0.39 is 0 Å². The molecule has 0 saturated carbocycles. The largest absolute Gasteiger partial charge is 0.493 e. The molecule has 1 unspecified atom stereocenters. The second kappa shape index (κ2) is 6.51. The van der Waals surface area contributed by atoms with Crippen LogP contribution >= 0.6 is 0 Å². The quantitative estimate of drug-likeness (QED) is 0.725. The van der Waals surface area contributed by atoms with Gasteiger partial charge in [-0.05, 0) is 32.5 Å². The van der Waals surface area contributed by atoms with Crippen LogP contribution in [0.3, 0.4) is 0 Å². The molecule has 1 rings (SSSR count). The Morgan fingerprint density at radius 3 is 2.81 bits per heavy atom. The standard InChI is InChI=1S/C13H21NO2/c1-10-5-6-12(11(2)14-3)13(9-10)16-8-4-7-15/h5-6,9,11,14-15H,4,7-8H2,1-3H3. The molecular formula is C13H21NO2. The van der Waals surface area contributed by atoms with Gasteiger partial charge >= 0.3 is 0 Å². The molecule has 0 aromatic heterocycles. The van der Waals surface area contributed by atoms with E-state index >= 15 is 0 Å². The first-order valence-corrected chi connectivity index (χ1v) is 5.70. The number of benzene rings is 1. The number of aliphatic hydroxyl groups excluding tert-OH is 1. The zero-order valence-corrected chi connectivity index (χ0v) is 10.3. The van der Waals surface area contributed by atoms with E-state index in [4.69, 9.17) is 9.84 Å². The van der Waals surface area contributed by atoms with Crippen LogP contribution in [0.1, 0.15) is 30.5 Å². The van der Waals surface area contributed by atoms with Crippen LogP contribution in [0.4, 0.5) is 0 Å². The van der Waals surface area contributed by atoms with Gasteiger partial charge in [-0.2, -0.15) is 0 Å². The smallest absolute Gasteiger partial charge is 0.124 e. The number of rotatable bonds is 6. The first-order valence-electron chi connectivity index (χ1n) is 5.70. The molecule has 0 saturated heterocycles. The monoisotopic (exact) mass is 223 g/mol. The van der Waals surface area contributed by atoms with Crippen molar-refractivity contribution < 1.29 is 9.84 Å². The van der Waals surface area contributed by atoms with E-state index in [1.165, 1.54) is 5.56 Å². The van der Waals surface area contributed by atoms with E-state index in [1.807, 2.05) is 20.0 Å². The van der Waals surface area contributed by atoms with Crippen molar-refractivity contribution in [3.05, 3.63) is 29.3 Å². The minimum Gasteiger partial charge on any atom is -0.493 e. The Morgan fingerprint density at radius 1 is 1.44 bits per heavy atom. The fraction of sp³-hybridized carbons (Fsp3) is 0.538. The van der Waals surface area contributed by atoms with Gasteiger partial charge in [0.15, 0.2) is 0 Å². The summed E-state index contributed by atoms with van der Waals surface area (Å²) in [4.78, 5) is 0. The molecule has 0 heterocycles. The van der Waals surface area contributed by atoms with Crippen LogP contribution in [-0.2, 0) is 0 Å². The minimum absolute atomic E-state index is 0.169. The second-order valence-electron chi connectivity index (χ2n) is 3.98. The number of nitrogens with one attached hydrogen (secondary N) is 1. The van der Waals surface area contributed by atoms with Gasteiger partial charge in [0.25, 0.3) is 0 Å². The van der Waals surface area contributed by atoms with Gasteiger partial charge in [-0.3, -0.25) is 0 Å². The lowest BCUT2D eigenvalue weighted by Gasteiger charge is -2.17. The third-order valence-electron chi connectivity index (χ3n) is 2.63. The Kier molecular flexibility index (Phi) is 5.29. The molecule has 16 heavy (non-hydrogen) atoms. The molecule has 1 aromatic rings. The summed E-state index contributed by atoms with van der Waals surface area (Å²) in [7, 11) is 1.93. The van der Waals surface area contributed by atoms with Gasteiger partial charge in [0, 0.05) is 24.6 Å². The molecule has 0 aliphatic rings. The van der Waals surface area contributed by atoms with Crippen molar-refractivity contribution in [1.82, 2.24) is 5.32 Å². The predicted molar refractivity (Wildman–Crippen MR) is 65.9 cm³/mol. The zero-order chi connectivity index (χ0) is 12.0. The molecule has 0 bridgehead atoms. The van der Waals surface area contributed by atoms with Crippen molar-refractivity contribution in [2.45, 2.75) is 26.3 Å². The lowest BCUT2D eigenvalue weighted by atomic mass is 10.1. The second-order valence-corrected chi connectivity index (χ2v) is 3.98. The molecule has 0 amide bonds. The van der Waals surface area contributed by atoms with Crippen LogP contribution < -0.4 is 10.1 Å². The third-order valence-corrected chi connectivity index (χ3v) is 2.63. The maximum atomic E-state index is 8.73. The molecule has 0 aliphatic heterocycles. The van der Waals surface area contributed by atoms with E-state index in [1.54, 1.807) is 0 Å². The maximum Gasteiger partial charge on any atom is 0.124 e. The maximum absolute atomic E-state index is 8.73. The summed E-state index contributed by atoms with van der Waals surface area (Å²) in [5.41, 5.74) is 2.34. The Balaban J connectivity index is 2.81. The average Bonchev–Trinajstić information content (AvgIpc) is 2.29. The fourth-order valence-corrected chi connectivity index (χ4v) is 1.53. The normalized spacial score (nSPS) is 12.5. The third kappa shape index (κ3) is 3.51. The number of aliphatic hydroxyl groups is 1. The molecule has 3 nitrogen and oxygen atoms in total. The van der Waals surface area contributed by atoms with Gasteiger partial charge in [-0.1, -0.05) is 12.1 Å². The topological polar surface area (TPSA) is 41.5 Å². The molecule has 1 aromatic carbocycles. The van der Waals surface area contributed by atoms with E-state index in [-0.39, 0.29) is 12.6 Å². The summed E-state index contributed by atoms with van der Waals surface area (Å²) in [6, 6.07) is 6.48. The van der Waals surface area contributed by atoms with Gasteiger partial charge in [0.05, 0.1) is 6.61 Å². The predicted octanol–water partition coefficient (Wildman–Crippen LogP) is 2.04. The summed E-state index contributed by atoms with van der Waals surface area (Å²) >= 11 is 0. The van der Waals surface area contributed by atoms with Crippen molar-refractivity contribution in [1.29, 1.82) is 0 Å². The van der Waals surface area contributed by atoms with Crippen LogP contribution in [0, 0.1) is 6.92 Å². The van der Waals surface area contributed by atoms with Crippen molar-refractivity contribution >= 4 is 0 Å². The molecule has 0 radical (unpaired) electrons. The van der Waals surface area contributed by atoms with Gasteiger partial charge < -0.3 is 15.2 Å². The lowest BCUT2D eigenvalue weighted by Crippen LogP contribution is -2.14. The highest BCUT2D eigenvalue weighted by Gasteiger charge is 2.09. The van der Waals surface area contributed by atoms with Crippen LogP contribution in [0.25, 0.3) is 0 Å². The highest BCUT2D eigenvalue weighted by atomic mass is 16.5. The summed E-state index contributed by atoms with van der Waals surface area (Å²) in [5, 5.41) is 11.9. The first-order chi connectivity index (χ1) is 7.69. The van der Waals surface area contributed by atoms with Crippen LogP contribution in [-0.4, -0.2) is 25.4 Å². The number of hydrogen-bond donors (Lipinski definition) is 2.